The van der Waals surface area contributed by atoms with Gasteiger partial charge in [0.2, 0.25) is 0 Å². The lowest BCUT2D eigenvalue weighted by molar-refractivity contribution is 0.0779. The maximum atomic E-state index is 12.0. The van der Waals surface area contributed by atoms with Crippen LogP contribution in [0.3, 0.4) is 0 Å². The number of fused-ring (bicyclic) bond motifs is 1. The van der Waals surface area contributed by atoms with Gasteiger partial charge in [-0.25, -0.2) is 4.98 Å². The fourth-order valence-corrected chi connectivity index (χ4v) is 2.38. The summed E-state index contributed by atoms with van der Waals surface area (Å²) < 4.78 is 0. The summed E-state index contributed by atoms with van der Waals surface area (Å²) in [5.74, 6) is 6.28. The monoisotopic (exact) mass is 276 g/mol. The number of benzene rings is 1. The Kier molecular flexibility index (Phi) is 3.45. The van der Waals surface area contributed by atoms with Crippen LogP contribution in [0.15, 0.2) is 36.4 Å². The molecule has 0 radical (unpaired) electrons. The summed E-state index contributed by atoms with van der Waals surface area (Å²) in [6.07, 6.45) is 0.789. The number of likely N-dealkylation sites (N-methyl/N-ethyl adjacent to an activating group) is 1. The van der Waals surface area contributed by atoms with E-state index in [0.29, 0.717) is 17.8 Å². The second-order valence-electron chi connectivity index (χ2n) is 5.23. The van der Waals surface area contributed by atoms with Crippen molar-refractivity contribution >= 4 is 5.91 Å². The first kappa shape index (κ1) is 13.4. The number of amides is 1. The molecule has 0 spiro atoms. The number of rotatable bonds is 0. The second-order valence-corrected chi connectivity index (χ2v) is 5.23. The molecule has 0 fully saturated rings. The number of pyridine rings is 1. The molecule has 104 valence electrons. The van der Waals surface area contributed by atoms with Crippen LogP contribution in [-0.2, 0) is 6.42 Å². The molecule has 0 saturated heterocycles. The highest BCUT2D eigenvalue weighted by molar-refractivity contribution is 5.96. The van der Waals surface area contributed by atoms with E-state index in [9.17, 15) is 4.79 Å². The number of carbonyl (C=O) groups is 1. The van der Waals surface area contributed by atoms with Crippen molar-refractivity contribution in [1.82, 2.24) is 9.88 Å². The van der Waals surface area contributed by atoms with E-state index in [2.05, 4.69) is 16.8 Å². The first-order valence-electron chi connectivity index (χ1n) is 6.98. The molecular weight excluding hydrogens is 260 g/mol. The molecule has 2 heterocycles. The van der Waals surface area contributed by atoms with E-state index in [-0.39, 0.29) is 5.91 Å². The molecule has 1 aliphatic rings. The maximum absolute atomic E-state index is 12.0. The minimum atomic E-state index is 0.0437. The van der Waals surface area contributed by atoms with Crippen LogP contribution in [0.25, 0.3) is 0 Å². The zero-order chi connectivity index (χ0) is 14.8. The summed E-state index contributed by atoms with van der Waals surface area (Å²) in [5, 5.41) is 0. The average Bonchev–Trinajstić information content (AvgIpc) is 2.50. The highest BCUT2D eigenvalue weighted by atomic mass is 16.2. The Morgan fingerprint density at radius 1 is 1.14 bits per heavy atom. The van der Waals surface area contributed by atoms with Crippen molar-refractivity contribution in [2.75, 3.05) is 13.6 Å². The molecule has 0 unspecified atom stereocenters. The van der Waals surface area contributed by atoms with E-state index in [1.165, 1.54) is 0 Å². The van der Waals surface area contributed by atoms with Crippen molar-refractivity contribution in [3.05, 3.63) is 64.5 Å². The molecule has 1 aromatic heterocycles. The average molecular weight is 276 g/mol. The molecule has 0 N–H and O–H groups in total. The molecular formula is C18H16N2O. The third kappa shape index (κ3) is 2.66. The fraction of sp³-hybridized carbons (Fsp3) is 0.222. The Balaban J connectivity index is 1.93. The Labute approximate surface area is 124 Å². The van der Waals surface area contributed by atoms with Crippen LogP contribution in [0.5, 0.6) is 0 Å². The minimum absolute atomic E-state index is 0.0437. The van der Waals surface area contributed by atoms with E-state index in [4.69, 9.17) is 0 Å². The third-order valence-electron chi connectivity index (χ3n) is 3.71. The van der Waals surface area contributed by atoms with Crippen molar-refractivity contribution < 1.29 is 4.79 Å². The van der Waals surface area contributed by atoms with Gasteiger partial charge in [-0.05, 0) is 36.6 Å². The smallest absolute Gasteiger partial charge is 0.255 e. The summed E-state index contributed by atoms with van der Waals surface area (Å²) in [6, 6.07) is 11.7. The highest BCUT2D eigenvalue weighted by Crippen LogP contribution is 2.16. The van der Waals surface area contributed by atoms with Gasteiger partial charge in [-0.2, -0.15) is 0 Å². The van der Waals surface area contributed by atoms with Gasteiger partial charge in [-0.15, -0.1) is 0 Å². The molecule has 3 nitrogen and oxygen atoms in total. The number of hydrogen-bond donors (Lipinski definition) is 0. The van der Waals surface area contributed by atoms with Gasteiger partial charge >= 0.3 is 0 Å². The zero-order valence-electron chi connectivity index (χ0n) is 12.2. The van der Waals surface area contributed by atoms with Crippen molar-refractivity contribution in [3.63, 3.8) is 0 Å². The summed E-state index contributed by atoms with van der Waals surface area (Å²) in [5.41, 5.74) is 4.43. The van der Waals surface area contributed by atoms with Crippen LogP contribution in [0.1, 0.15) is 32.9 Å². The van der Waals surface area contributed by atoms with E-state index >= 15 is 0 Å². The van der Waals surface area contributed by atoms with Crippen LogP contribution in [0.4, 0.5) is 0 Å². The number of aromatic nitrogens is 1. The van der Waals surface area contributed by atoms with Crippen LogP contribution in [0.2, 0.25) is 0 Å². The zero-order valence-corrected chi connectivity index (χ0v) is 12.2. The summed E-state index contributed by atoms with van der Waals surface area (Å²) >= 11 is 0. The van der Waals surface area contributed by atoms with Crippen molar-refractivity contribution in [1.29, 1.82) is 0 Å². The molecule has 0 bridgehead atoms. The number of nitrogens with zero attached hydrogens (tertiary/aromatic N) is 2. The fourth-order valence-electron chi connectivity index (χ4n) is 2.38. The lowest BCUT2D eigenvalue weighted by atomic mass is 10.0. The van der Waals surface area contributed by atoms with Gasteiger partial charge in [0.1, 0.15) is 5.69 Å². The molecule has 0 aliphatic carbocycles. The third-order valence-corrected chi connectivity index (χ3v) is 3.71. The molecule has 0 atom stereocenters. The summed E-state index contributed by atoms with van der Waals surface area (Å²) in [6.45, 7) is 2.76. The van der Waals surface area contributed by atoms with E-state index in [0.717, 1.165) is 23.2 Å². The van der Waals surface area contributed by atoms with Gasteiger partial charge in [-0.1, -0.05) is 24.1 Å². The van der Waals surface area contributed by atoms with Crippen molar-refractivity contribution in [3.8, 4) is 11.8 Å². The van der Waals surface area contributed by atoms with Gasteiger partial charge in [0.05, 0.1) is 11.3 Å². The number of aryl methyl sites for hydroxylation is 1. The first-order chi connectivity index (χ1) is 10.1. The van der Waals surface area contributed by atoms with Gasteiger partial charge in [0.25, 0.3) is 5.91 Å². The molecule has 3 rings (SSSR count). The topological polar surface area (TPSA) is 33.2 Å². The lowest BCUT2D eigenvalue weighted by Crippen LogP contribution is -2.34. The standard InChI is InChI=1S/C18H16N2O/c1-13-5-3-4-6-14(13)7-8-15-9-10-16-17(19-15)11-12-20(2)18(16)21/h3-6,9-10H,11-12H2,1-2H3. The van der Waals surface area contributed by atoms with Crippen LogP contribution < -0.4 is 0 Å². The van der Waals surface area contributed by atoms with E-state index < -0.39 is 0 Å². The molecule has 0 saturated carbocycles. The van der Waals surface area contributed by atoms with Crippen molar-refractivity contribution in [2.45, 2.75) is 13.3 Å². The molecule has 1 aliphatic heterocycles. The van der Waals surface area contributed by atoms with E-state index in [1.54, 1.807) is 4.90 Å². The van der Waals surface area contributed by atoms with Crippen molar-refractivity contribution in [2.24, 2.45) is 0 Å². The van der Waals surface area contributed by atoms with E-state index in [1.807, 2.05) is 50.4 Å². The quantitative estimate of drug-likeness (QED) is 0.692. The lowest BCUT2D eigenvalue weighted by Gasteiger charge is -2.23. The SMILES string of the molecule is Cc1ccccc1C#Cc1ccc2c(n1)CCN(C)C2=O. The van der Waals surface area contributed by atoms with Gasteiger partial charge in [0.15, 0.2) is 0 Å². The second kappa shape index (κ2) is 5.41. The van der Waals surface area contributed by atoms with Crippen LogP contribution in [0, 0.1) is 18.8 Å². The summed E-state index contributed by atoms with van der Waals surface area (Å²) in [4.78, 5) is 18.2. The summed E-state index contributed by atoms with van der Waals surface area (Å²) in [7, 11) is 1.82. The normalized spacial score (nSPS) is 13.4. The molecule has 3 heteroatoms. The predicted octanol–water partition coefficient (Wildman–Crippen LogP) is 2.42. The van der Waals surface area contributed by atoms with Gasteiger partial charge in [0, 0.05) is 25.6 Å². The molecule has 1 aromatic carbocycles. The van der Waals surface area contributed by atoms with Crippen LogP contribution >= 0.6 is 0 Å². The number of carbonyl (C=O) groups excluding carboxylic acids is 1. The number of hydrogen-bond acceptors (Lipinski definition) is 2. The maximum Gasteiger partial charge on any atom is 0.255 e. The van der Waals surface area contributed by atoms with Crippen LogP contribution in [-0.4, -0.2) is 29.4 Å². The Morgan fingerprint density at radius 3 is 2.76 bits per heavy atom. The molecule has 21 heavy (non-hydrogen) atoms. The largest absolute Gasteiger partial charge is 0.341 e. The minimum Gasteiger partial charge on any atom is -0.341 e. The molecule has 2 aromatic rings. The molecule has 1 amide bonds. The Morgan fingerprint density at radius 2 is 1.95 bits per heavy atom. The Bertz CT molecular complexity index is 768. The van der Waals surface area contributed by atoms with Gasteiger partial charge in [-0.3, -0.25) is 4.79 Å². The Hall–Kier alpha value is -2.60. The predicted molar refractivity (Wildman–Crippen MR) is 82.1 cm³/mol. The highest BCUT2D eigenvalue weighted by Gasteiger charge is 2.22. The van der Waals surface area contributed by atoms with Gasteiger partial charge < -0.3 is 4.90 Å². The first-order valence-corrected chi connectivity index (χ1v) is 6.98.